The third-order valence-corrected chi connectivity index (χ3v) is 5.18. The van der Waals surface area contributed by atoms with E-state index in [2.05, 4.69) is 43.2 Å². The van der Waals surface area contributed by atoms with Crippen molar-refractivity contribution in [2.75, 3.05) is 0 Å². The van der Waals surface area contributed by atoms with Gasteiger partial charge in [0.25, 0.3) is 5.89 Å². The Morgan fingerprint density at radius 3 is 2.62 bits per heavy atom. The van der Waals surface area contributed by atoms with E-state index >= 15 is 0 Å². The van der Waals surface area contributed by atoms with Crippen molar-refractivity contribution >= 4 is 15.9 Å². The molecule has 2 aromatic heterocycles. The van der Waals surface area contributed by atoms with Gasteiger partial charge in [-0.25, -0.2) is 9.78 Å². The lowest BCUT2D eigenvalue weighted by molar-refractivity contribution is 0.273. The largest absolute Gasteiger partial charge is 0.347 e. The van der Waals surface area contributed by atoms with E-state index in [1.807, 2.05) is 12.1 Å². The van der Waals surface area contributed by atoms with Crippen LogP contribution in [0.25, 0.3) is 11.5 Å². The van der Waals surface area contributed by atoms with Crippen molar-refractivity contribution in [3.63, 3.8) is 0 Å². The summed E-state index contributed by atoms with van der Waals surface area (Å²) in [5, 5.41) is 4.22. The zero-order chi connectivity index (χ0) is 16.7. The molecule has 122 valence electrons. The Labute approximate surface area is 146 Å². The molecule has 0 spiro atoms. The van der Waals surface area contributed by atoms with Crippen LogP contribution in [0.4, 0.5) is 0 Å². The Kier molecular flexibility index (Phi) is 3.60. The summed E-state index contributed by atoms with van der Waals surface area (Å²) in [4.78, 5) is 19.8. The lowest BCUT2D eigenvalue weighted by Gasteiger charge is -2.39. The highest BCUT2D eigenvalue weighted by molar-refractivity contribution is 9.10. The highest BCUT2D eigenvalue weighted by Gasteiger charge is 2.44. The molecule has 6 nitrogen and oxygen atoms in total. The Morgan fingerprint density at radius 1 is 1.25 bits per heavy atom. The minimum Gasteiger partial charge on any atom is -0.334 e. The minimum absolute atomic E-state index is 0.184. The van der Waals surface area contributed by atoms with Crippen LogP contribution in [0, 0.1) is 0 Å². The minimum atomic E-state index is -0.316. The van der Waals surface area contributed by atoms with E-state index in [0.29, 0.717) is 17.3 Å². The van der Waals surface area contributed by atoms with Gasteiger partial charge < -0.3 is 9.09 Å². The fourth-order valence-electron chi connectivity index (χ4n) is 3.10. The number of benzene rings is 1. The van der Waals surface area contributed by atoms with Crippen molar-refractivity contribution < 1.29 is 4.52 Å². The molecule has 1 aromatic carbocycles. The molecule has 7 heteroatoms. The van der Waals surface area contributed by atoms with Crippen molar-refractivity contribution in [2.24, 2.45) is 7.05 Å². The Balaban J connectivity index is 1.74. The van der Waals surface area contributed by atoms with Crippen LogP contribution < -0.4 is 5.69 Å². The molecular formula is C17H15BrN4O2. The van der Waals surface area contributed by atoms with Crippen LogP contribution in [0.3, 0.4) is 0 Å². The van der Waals surface area contributed by atoms with E-state index in [9.17, 15) is 4.79 Å². The standard InChI is InChI=1S/C17H15BrN4O2/c1-22-10-11(9-19-16(22)23)14-20-15(21-24-14)17(7-2-8-17)12-3-5-13(18)6-4-12/h3-6,9-10H,2,7-8H2,1H3. The first-order valence-electron chi connectivity index (χ1n) is 7.72. The van der Waals surface area contributed by atoms with Gasteiger partial charge in [0.2, 0.25) is 0 Å². The molecule has 24 heavy (non-hydrogen) atoms. The van der Waals surface area contributed by atoms with Crippen LogP contribution in [0.15, 0.2) is 50.4 Å². The summed E-state index contributed by atoms with van der Waals surface area (Å²) >= 11 is 3.47. The molecule has 0 N–H and O–H groups in total. The van der Waals surface area contributed by atoms with Crippen LogP contribution >= 0.6 is 15.9 Å². The number of rotatable bonds is 3. The van der Waals surface area contributed by atoms with Gasteiger partial charge >= 0.3 is 5.69 Å². The zero-order valence-corrected chi connectivity index (χ0v) is 14.7. The van der Waals surface area contributed by atoms with E-state index in [1.54, 1.807) is 13.2 Å². The molecule has 0 radical (unpaired) electrons. The maximum absolute atomic E-state index is 11.4. The third-order valence-electron chi connectivity index (χ3n) is 4.65. The maximum atomic E-state index is 11.4. The van der Waals surface area contributed by atoms with Crippen LogP contribution in [-0.4, -0.2) is 19.7 Å². The quantitative estimate of drug-likeness (QED) is 0.691. The SMILES string of the molecule is Cn1cc(-c2nc(C3(c4ccc(Br)cc4)CCC3)no2)cnc1=O. The van der Waals surface area contributed by atoms with Gasteiger partial charge in [-0.1, -0.05) is 39.6 Å². The lowest BCUT2D eigenvalue weighted by atomic mass is 9.64. The molecule has 0 saturated heterocycles. The molecule has 0 bridgehead atoms. The van der Waals surface area contributed by atoms with Gasteiger partial charge in [-0.05, 0) is 30.5 Å². The Bertz CT molecular complexity index is 942. The first-order valence-corrected chi connectivity index (χ1v) is 8.51. The molecule has 1 saturated carbocycles. The van der Waals surface area contributed by atoms with Crippen LogP contribution in [0.2, 0.25) is 0 Å². The van der Waals surface area contributed by atoms with E-state index in [0.717, 1.165) is 23.7 Å². The summed E-state index contributed by atoms with van der Waals surface area (Å²) in [6.45, 7) is 0. The average Bonchev–Trinajstić information content (AvgIpc) is 3.01. The maximum Gasteiger partial charge on any atom is 0.347 e. The van der Waals surface area contributed by atoms with Crippen LogP contribution in [0.5, 0.6) is 0 Å². The highest BCUT2D eigenvalue weighted by Crippen LogP contribution is 2.48. The molecule has 1 fully saturated rings. The molecule has 4 rings (SSSR count). The van der Waals surface area contributed by atoms with E-state index in [-0.39, 0.29) is 11.1 Å². The molecule has 0 amide bonds. The second-order valence-electron chi connectivity index (χ2n) is 6.10. The summed E-state index contributed by atoms with van der Waals surface area (Å²) < 4.78 is 7.89. The predicted octanol–water partition coefficient (Wildman–Crippen LogP) is 3.06. The van der Waals surface area contributed by atoms with E-state index in [4.69, 9.17) is 4.52 Å². The number of halogens is 1. The smallest absolute Gasteiger partial charge is 0.334 e. The van der Waals surface area contributed by atoms with Gasteiger partial charge in [0.05, 0.1) is 11.0 Å². The van der Waals surface area contributed by atoms with Crippen molar-refractivity contribution in [1.29, 1.82) is 0 Å². The summed E-state index contributed by atoms with van der Waals surface area (Å²) in [7, 11) is 1.64. The molecule has 0 unspecified atom stereocenters. The molecule has 2 heterocycles. The van der Waals surface area contributed by atoms with Crippen molar-refractivity contribution in [3.05, 3.63) is 63.0 Å². The number of aryl methyl sites for hydroxylation is 1. The molecule has 3 aromatic rings. The number of aromatic nitrogens is 4. The van der Waals surface area contributed by atoms with Gasteiger partial charge in [0.15, 0.2) is 5.82 Å². The number of nitrogens with zero attached hydrogens (tertiary/aromatic N) is 4. The normalized spacial score (nSPS) is 15.9. The average molecular weight is 387 g/mol. The first-order chi connectivity index (χ1) is 11.6. The number of hydrogen-bond acceptors (Lipinski definition) is 5. The topological polar surface area (TPSA) is 73.8 Å². The molecule has 0 aliphatic heterocycles. The van der Waals surface area contributed by atoms with Crippen molar-refractivity contribution in [1.82, 2.24) is 19.7 Å². The van der Waals surface area contributed by atoms with Gasteiger partial charge in [0, 0.05) is 23.9 Å². The second kappa shape index (κ2) is 5.66. The summed E-state index contributed by atoms with van der Waals surface area (Å²) in [5.41, 5.74) is 1.34. The molecule has 0 atom stereocenters. The van der Waals surface area contributed by atoms with Gasteiger partial charge in [-0.2, -0.15) is 4.98 Å². The van der Waals surface area contributed by atoms with Gasteiger partial charge in [-0.15, -0.1) is 0 Å². The van der Waals surface area contributed by atoms with Gasteiger partial charge in [0.1, 0.15) is 0 Å². The van der Waals surface area contributed by atoms with Crippen molar-refractivity contribution in [2.45, 2.75) is 24.7 Å². The third kappa shape index (κ3) is 2.39. The lowest BCUT2D eigenvalue weighted by Crippen LogP contribution is -2.36. The first kappa shape index (κ1) is 15.3. The molecular weight excluding hydrogens is 372 g/mol. The summed E-state index contributed by atoms with van der Waals surface area (Å²) in [5.74, 6) is 1.08. The van der Waals surface area contributed by atoms with Crippen LogP contribution in [0.1, 0.15) is 30.7 Å². The fraction of sp³-hybridized carbons (Fsp3) is 0.294. The predicted molar refractivity (Wildman–Crippen MR) is 91.5 cm³/mol. The highest BCUT2D eigenvalue weighted by atomic mass is 79.9. The van der Waals surface area contributed by atoms with E-state index < -0.39 is 0 Å². The fourth-order valence-corrected chi connectivity index (χ4v) is 3.36. The Morgan fingerprint density at radius 2 is 2.00 bits per heavy atom. The van der Waals surface area contributed by atoms with Gasteiger partial charge in [-0.3, -0.25) is 0 Å². The van der Waals surface area contributed by atoms with Crippen molar-refractivity contribution in [3.8, 4) is 11.5 Å². The second-order valence-corrected chi connectivity index (χ2v) is 7.02. The molecule has 1 aliphatic carbocycles. The van der Waals surface area contributed by atoms with Crippen LogP contribution in [-0.2, 0) is 12.5 Å². The Hall–Kier alpha value is -2.28. The summed E-state index contributed by atoms with van der Waals surface area (Å²) in [6, 6.07) is 8.28. The zero-order valence-electron chi connectivity index (χ0n) is 13.1. The van der Waals surface area contributed by atoms with E-state index in [1.165, 1.54) is 16.3 Å². The monoisotopic (exact) mass is 386 g/mol. The number of hydrogen-bond donors (Lipinski definition) is 0. The summed E-state index contributed by atoms with van der Waals surface area (Å²) in [6.07, 6.45) is 6.26. The molecule has 1 aliphatic rings.